The number of hydrogen-bond donors (Lipinski definition) is 2. The Balaban J connectivity index is 1.58. The highest BCUT2D eigenvalue weighted by Crippen LogP contribution is 2.28. The fourth-order valence-electron chi connectivity index (χ4n) is 1.59. The van der Waals surface area contributed by atoms with Gasteiger partial charge in [0.2, 0.25) is 0 Å². The largest absolute Gasteiger partial charge is 0.398 e. The minimum absolute atomic E-state index is 0.779. The van der Waals surface area contributed by atoms with Crippen LogP contribution in [-0.2, 0) is 11.3 Å². The van der Waals surface area contributed by atoms with Crippen molar-refractivity contribution in [3.05, 3.63) is 28.2 Å². The van der Waals surface area contributed by atoms with E-state index < -0.39 is 0 Å². The van der Waals surface area contributed by atoms with Crippen molar-refractivity contribution < 1.29 is 4.74 Å². The molecule has 1 saturated carbocycles. The van der Waals surface area contributed by atoms with E-state index >= 15 is 0 Å². The number of benzene rings is 1. The molecule has 1 aromatic carbocycles. The maximum atomic E-state index is 5.73. The Morgan fingerprint density at radius 2 is 2.24 bits per heavy atom. The lowest BCUT2D eigenvalue weighted by atomic mass is 10.2. The van der Waals surface area contributed by atoms with Crippen LogP contribution in [0.2, 0.25) is 0 Å². The molecule has 1 aliphatic rings. The van der Waals surface area contributed by atoms with E-state index in [4.69, 9.17) is 10.5 Å². The van der Waals surface area contributed by atoms with Gasteiger partial charge in [0.25, 0.3) is 0 Å². The quantitative estimate of drug-likeness (QED) is 0.601. The van der Waals surface area contributed by atoms with E-state index in [9.17, 15) is 0 Å². The van der Waals surface area contributed by atoms with Crippen molar-refractivity contribution in [1.29, 1.82) is 0 Å². The van der Waals surface area contributed by atoms with Gasteiger partial charge >= 0.3 is 0 Å². The van der Waals surface area contributed by atoms with Gasteiger partial charge in [0.1, 0.15) is 0 Å². The smallest absolute Gasteiger partial charge is 0.0591 e. The van der Waals surface area contributed by atoms with Gasteiger partial charge in [-0.05, 0) is 52.4 Å². The fourth-order valence-corrected chi connectivity index (χ4v) is 2.02. The topological polar surface area (TPSA) is 47.3 Å². The Labute approximate surface area is 111 Å². The highest BCUT2D eigenvalue weighted by atomic mass is 79.9. The van der Waals surface area contributed by atoms with Gasteiger partial charge in [0.05, 0.1) is 6.61 Å². The molecule has 1 fully saturated rings. The SMILES string of the molecule is Nc1ccc(CNCCOCC2CC2)cc1Br. The zero-order chi connectivity index (χ0) is 12.1. The second-order valence-corrected chi connectivity index (χ2v) is 5.41. The van der Waals surface area contributed by atoms with E-state index in [1.54, 1.807) is 0 Å². The zero-order valence-electron chi connectivity index (χ0n) is 9.92. The Kier molecular flexibility index (Phi) is 4.83. The fraction of sp³-hybridized carbons (Fsp3) is 0.538. The molecule has 0 amide bonds. The summed E-state index contributed by atoms with van der Waals surface area (Å²) < 4.78 is 6.51. The number of halogens is 1. The van der Waals surface area contributed by atoms with Gasteiger partial charge in [-0.15, -0.1) is 0 Å². The minimum atomic E-state index is 0.779. The van der Waals surface area contributed by atoms with Crippen LogP contribution in [0.15, 0.2) is 22.7 Å². The second-order valence-electron chi connectivity index (χ2n) is 4.55. The van der Waals surface area contributed by atoms with Crippen molar-refractivity contribution in [1.82, 2.24) is 5.32 Å². The first-order valence-electron chi connectivity index (χ1n) is 6.08. The monoisotopic (exact) mass is 298 g/mol. The number of ether oxygens (including phenoxy) is 1. The van der Waals surface area contributed by atoms with Gasteiger partial charge < -0.3 is 15.8 Å². The third-order valence-electron chi connectivity index (χ3n) is 2.87. The van der Waals surface area contributed by atoms with Gasteiger partial charge in [-0.25, -0.2) is 0 Å². The molecule has 3 nitrogen and oxygen atoms in total. The van der Waals surface area contributed by atoms with Gasteiger partial charge in [-0.1, -0.05) is 6.07 Å². The van der Waals surface area contributed by atoms with Crippen LogP contribution in [0.3, 0.4) is 0 Å². The summed E-state index contributed by atoms with van der Waals surface area (Å²) in [5.41, 5.74) is 7.74. The molecule has 0 saturated heterocycles. The van der Waals surface area contributed by atoms with E-state index in [1.807, 2.05) is 18.2 Å². The number of hydrogen-bond acceptors (Lipinski definition) is 3. The molecule has 17 heavy (non-hydrogen) atoms. The lowest BCUT2D eigenvalue weighted by Crippen LogP contribution is -2.19. The Morgan fingerprint density at radius 1 is 1.41 bits per heavy atom. The summed E-state index contributed by atoms with van der Waals surface area (Å²) >= 11 is 3.43. The molecule has 0 atom stereocenters. The van der Waals surface area contributed by atoms with Gasteiger partial charge in [-0.2, -0.15) is 0 Å². The molecule has 0 unspecified atom stereocenters. The molecular weight excluding hydrogens is 280 g/mol. The summed E-state index contributed by atoms with van der Waals surface area (Å²) in [7, 11) is 0. The molecule has 0 aromatic heterocycles. The normalized spacial score (nSPS) is 15.1. The molecule has 0 heterocycles. The summed E-state index contributed by atoms with van der Waals surface area (Å²) in [5, 5.41) is 3.36. The molecule has 94 valence electrons. The number of nitrogens with two attached hydrogens (primary N) is 1. The third kappa shape index (κ3) is 4.66. The van der Waals surface area contributed by atoms with Crippen LogP contribution in [0.25, 0.3) is 0 Å². The maximum Gasteiger partial charge on any atom is 0.0591 e. The van der Waals surface area contributed by atoms with Crippen LogP contribution in [0, 0.1) is 5.92 Å². The lowest BCUT2D eigenvalue weighted by Gasteiger charge is -2.07. The number of nitrogens with one attached hydrogen (secondary N) is 1. The maximum absolute atomic E-state index is 5.73. The van der Waals surface area contributed by atoms with Crippen molar-refractivity contribution >= 4 is 21.6 Å². The molecule has 0 bridgehead atoms. The summed E-state index contributed by atoms with van der Waals surface area (Å²) in [6.07, 6.45) is 2.71. The number of nitrogen functional groups attached to an aromatic ring is 1. The van der Waals surface area contributed by atoms with E-state index in [0.717, 1.165) is 42.4 Å². The van der Waals surface area contributed by atoms with Crippen LogP contribution < -0.4 is 11.1 Å². The molecular formula is C13H19BrN2O. The van der Waals surface area contributed by atoms with Crippen molar-refractivity contribution in [2.24, 2.45) is 5.92 Å². The van der Waals surface area contributed by atoms with Crippen LogP contribution in [0.4, 0.5) is 5.69 Å². The van der Waals surface area contributed by atoms with Crippen molar-refractivity contribution in [2.75, 3.05) is 25.5 Å². The Hall–Kier alpha value is -0.580. The first kappa shape index (κ1) is 12.9. The zero-order valence-corrected chi connectivity index (χ0v) is 11.5. The van der Waals surface area contributed by atoms with Crippen molar-refractivity contribution in [2.45, 2.75) is 19.4 Å². The van der Waals surface area contributed by atoms with E-state index in [1.165, 1.54) is 18.4 Å². The second kappa shape index (κ2) is 6.38. The molecule has 0 aliphatic heterocycles. The molecule has 4 heteroatoms. The summed E-state index contributed by atoms with van der Waals surface area (Å²) in [6, 6.07) is 6.01. The van der Waals surface area contributed by atoms with Gasteiger partial charge in [0.15, 0.2) is 0 Å². The Bertz CT molecular complexity index is 366. The summed E-state index contributed by atoms with van der Waals surface area (Å²) in [4.78, 5) is 0. The number of anilines is 1. The molecule has 1 aliphatic carbocycles. The third-order valence-corrected chi connectivity index (χ3v) is 3.55. The standard InChI is InChI=1S/C13H19BrN2O/c14-12-7-11(3-4-13(12)15)8-16-5-6-17-9-10-1-2-10/h3-4,7,10,16H,1-2,5-6,8-9,15H2. The summed E-state index contributed by atoms with van der Waals surface area (Å²) in [5.74, 6) is 0.850. The lowest BCUT2D eigenvalue weighted by molar-refractivity contribution is 0.126. The summed E-state index contributed by atoms with van der Waals surface area (Å²) in [6.45, 7) is 3.49. The predicted molar refractivity (Wildman–Crippen MR) is 73.8 cm³/mol. The van der Waals surface area contributed by atoms with Crippen LogP contribution in [0.1, 0.15) is 18.4 Å². The first-order valence-corrected chi connectivity index (χ1v) is 6.87. The molecule has 1 aromatic rings. The van der Waals surface area contributed by atoms with Crippen molar-refractivity contribution in [3.63, 3.8) is 0 Å². The minimum Gasteiger partial charge on any atom is -0.398 e. The molecule has 0 radical (unpaired) electrons. The predicted octanol–water partition coefficient (Wildman–Crippen LogP) is 2.55. The highest BCUT2D eigenvalue weighted by molar-refractivity contribution is 9.10. The van der Waals surface area contributed by atoms with Crippen LogP contribution in [-0.4, -0.2) is 19.8 Å². The Morgan fingerprint density at radius 3 is 2.94 bits per heavy atom. The average molecular weight is 299 g/mol. The van der Waals surface area contributed by atoms with Gasteiger partial charge in [-0.3, -0.25) is 0 Å². The molecule has 0 spiro atoms. The van der Waals surface area contributed by atoms with E-state index in [-0.39, 0.29) is 0 Å². The molecule has 2 rings (SSSR count). The first-order chi connectivity index (χ1) is 8.25. The average Bonchev–Trinajstić information content (AvgIpc) is 3.12. The van der Waals surface area contributed by atoms with E-state index in [2.05, 4.69) is 21.2 Å². The van der Waals surface area contributed by atoms with Gasteiger partial charge in [0, 0.05) is 29.9 Å². The van der Waals surface area contributed by atoms with E-state index in [0.29, 0.717) is 0 Å². The van der Waals surface area contributed by atoms with Crippen LogP contribution in [0.5, 0.6) is 0 Å². The van der Waals surface area contributed by atoms with Crippen LogP contribution >= 0.6 is 15.9 Å². The number of rotatable bonds is 7. The molecule has 3 N–H and O–H groups in total. The van der Waals surface area contributed by atoms with Crippen molar-refractivity contribution in [3.8, 4) is 0 Å². The highest BCUT2D eigenvalue weighted by Gasteiger charge is 2.20.